The van der Waals surface area contributed by atoms with Crippen LogP contribution in [0.25, 0.3) is 0 Å². The van der Waals surface area contributed by atoms with E-state index in [1.807, 2.05) is 0 Å². The first-order chi connectivity index (χ1) is 27.6. The molecule has 2 unspecified atom stereocenters. The molecule has 0 heterocycles. The monoisotopic (exact) mass is 796 g/mol. The number of esters is 2. The summed E-state index contributed by atoms with van der Waals surface area (Å²) in [7, 11) is 5.37. The van der Waals surface area contributed by atoms with Gasteiger partial charge in [0, 0.05) is 19.3 Å². The summed E-state index contributed by atoms with van der Waals surface area (Å²) in [5.74, 6) is -1.86. The Labute approximate surface area is 348 Å². The highest BCUT2D eigenvalue weighted by atomic mass is 16.6. The SMILES string of the molecule is CC/C=C/C/C=C/C/C=C/C/C=C/CCCCCC(=O)OCC(COCCC(C(=O)[O-])[N+](C)(C)C)OC(=O)CCC/C=C/C/C=C/C/C=C/CCCCCCCC. The molecule has 0 radical (unpaired) electrons. The number of ether oxygens (including phenoxy) is 3. The minimum atomic E-state index is -1.14. The maximum Gasteiger partial charge on any atom is 0.306 e. The van der Waals surface area contributed by atoms with E-state index in [0.717, 1.165) is 77.0 Å². The third-order valence-electron chi connectivity index (χ3n) is 9.27. The molecule has 0 bridgehead atoms. The topological polar surface area (TPSA) is 102 Å². The number of likely N-dealkylation sites (N-methyl/N-ethyl adjacent to an activating group) is 1. The van der Waals surface area contributed by atoms with E-state index >= 15 is 0 Å². The number of hydrogen-bond acceptors (Lipinski definition) is 7. The maximum atomic E-state index is 12.7. The molecule has 0 aromatic carbocycles. The van der Waals surface area contributed by atoms with E-state index in [9.17, 15) is 19.5 Å². The third-order valence-corrected chi connectivity index (χ3v) is 9.27. The summed E-state index contributed by atoms with van der Waals surface area (Å²) in [6.07, 6.45) is 50.5. The van der Waals surface area contributed by atoms with Crippen molar-refractivity contribution in [3.8, 4) is 0 Å². The third kappa shape index (κ3) is 37.8. The van der Waals surface area contributed by atoms with Crippen LogP contribution in [-0.4, -0.2) is 75.5 Å². The second-order valence-corrected chi connectivity index (χ2v) is 15.5. The molecule has 0 rings (SSSR count). The highest BCUT2D eigenvalue weighted by molar-refractivity contribution is 5.70. The van der Waals surface area contributed by atoms with E-state index < -0.39 is 18.1 Å². The van der Waals surface area contributed by atoms with Crippen molar-refractivity contribution in [2.24, 2.45) is 0 Å². The molecule has 0 aliphatic rings. The van der Waals surface area contributed by atoms with Gasteiger partial charge in [0.25, 0.3) is 0 Å². The predicted molar refractivity (Wildman–Crippen MR) is 235 cm³/mol. The largest absolute Gasteiger partial charge is 0.544 e. The molecule has 0 fully saturated rings. The lowest BCUT2D eigenvalue weighted by Crippen LogP contribution is -2.55. The molecule has 8 heteroatoms. The van der Waals surface area contributed by atoms with Gasteiger partial charge < -0.3 is 28.6 Å². The lowest BCUT2D eigenvalue weighted by Gasteiger charge is -2.34. The first-order valence-electron chi connectivity index (χ1n) is 22.1. The van der Waals surface area contributed by atoms with Crippen LogP contribution in [0.3, 0.4) is 0 Å². The zero-order chi connectivity index (χ0) is 42.1. The average Bonchev–Trinajstić information content (AvgIpc) is 3.17. The Morgan fingerprint density at radius 1 is 0.544 bits per heavy atom. The summed E-state index contributed by atoms with van der Waals surface area (Å²) < 4.78 is 17.1. The molecule has 57 heavy (non-hydrogen) atoms. The number of quaternary nitrogens is 1. The van der Waals surface area contributed by atoms with Crippen molar-refractivity contribution in [3.63, 3.8) is 0 Å². The van der Waals surface area contributed by atoms with Crippen molar-refractivity contribution in [2.75, 3.05) is 41.0 Å². The van der Waals surface area contributed by atoms with Crippen LogP contribution >= 0.6 is 0 Å². The van der Waals surface area contributed by atoms with Gasteiger partial charge in [0.1, 0.15) is 12.6 Å². The standard InChI is InChI=1S/C49H81NO7/c1-6-8-10-12-14-16-18-20-22-24-26-28-30-32-34-36-38-40-48(52)57-45(43-55-42-41-46(49(53)54)50(3,4)5)44-56-47(51)39-37-35-33-31-29-27-25-23-21-19-17-15-13-11-9-7-2/h9,11,15,17,20-23,26-29,32,34,45-46H,6-8,10,12-14,16,18-19,24-25,30-31,33,35-44H2,1-5H3/b11-9+,17-15+,22-20+,23-21+,28-26+,29-27+,34-32+. The second-order valence-electron chi connectivity index (χ2n) is 15.5. The number of carboxylic acid groups (broad SMARTS) is 1. The fourth-order valence-corrected chi connectivity index (χ4v) is 5.84. The molecule has 2 atom stereocenters. The number of carbonyl (C=O) groups excluding carboxylic acids is 3. The van der Waals surface area contributed by atoms with Gasteiger partial charge in [0.15, 0.2) is 6.10 Å². The molecule has 8 nitrogen and oxygen atoms in total. The molecular formula is C49H81NO7. The van der Waals surface area contributed by atoms with Crippen LogP contribution in [0.1, 0.15) is 155 Å². The summed E-state index contributed by atoms with van der Waals surface area (Å²) in [6.45, 7) is 4.43. The Kier molecular flexibility index (Phi) is 36.9. The Morgan fingerprint density at radius 2 is 1.00 bits per heavy atom. The van der Waals surface area contributed by atoms with Crippen LogP contribution in [0.4, 0.5) is 0 Å². The summed E-state index contributed by atoms with van der Waals surface area (Å²) in [6, 6.07) is -0.744. The molecule has 0 aromatic rings. The number of carboxylic acids is 1. The lowest BCUT2D eigenvalue weighted by molar-refractivity contribution is -0.889. The van der Waals surface area contributed by atoms with E-state index in [2.05, 4.69) is 98.9 Å². The molecule has 0 saturated heterocycles. The van der Waals surface area contributed by atoms with Gasteiger partial charge in [-0.05, 0) is 83.5 Å². The Morgan fingerprint density at radius 3 is 1.51 bits per heavy atom. The fourth-order valence-electron chi connectivity index (χ4n) is 5.84. The molecule has 0 saturated carbocycles. The van der Waals surface area contributed by atoms with Gasteiger partial charge in [-0.1, -0.05) is 137 Å². The molecule has 0 aliphatic carbocycles. The molecule has 324 valence electrons. The van der Waals surface area contributed by atoms with Gasteiger partial charge in [0.05, 0.1) is 40.3 Å². The van der Waals surface area contributed by atoms with Gasteiger partial charge in [0.2, 0.25) is 0 Å². The normalized spacial score (nSPS) is 13.8. The van der Waals surface area contributed by atoms with Crippen LogP contribution in [0.5, 0.6) is 0 Å². The zero-order valence-electron chi connectivity index (χ0n) is 36.7. The number of aliphatic carboxylic acids is 1. The minimum absolute atomic E-state index is 0.00523. The Hall–Kier alpha value is -3.49. The van der Waals surface area contributed by atoms with E-state index in [1.165, 1.54) is 38.5 Å². The first kappa shape index (κ1) is 53.5. The van der Waals surface area contributed by atoms with Gasteiger partial charge in [-0.2, -0.15) is 0 Å². The quantitative estimate of drug-likeness (QED) is 0.0265. The number of allylic oxidation sites excluding steroid dienone is 14. The van der Waals surface area contributed by atoms with E-state index in [1.54, 1.807) is 21.1 Å². The Bertz CT molecular complexity index is 1200. The van der Waals surface area contributed by atoms with Crippen LogP contribution < -0.4 is 5.11 Å². The predicted octanol–water partition coefficient (Wildman–Crippen LogP) is 10.8. The number of unbranched alkanes of at least 4 members (excludes halogenated alkanes) is 10. The van der Waals surface area contributed by atoms with Gasteiger partial charge in [-0.15, -0.1) is 0 Å². The smallest absolute Gasteiger partial charge is 0.306 e. The maximum absolute atomic E-state index is 12.7. The number of hydrogen-bond donors (Lipinski definition) is 0. The second kappa shape index (κ2) is 39.3. The average molecular weight is 796 g/mol. The summed E-state index contributed by atoms with van der Waals surface area (Å²) in [5.41, 5.74) is 0. The van der Waals surface area contributed by atoms with Crippen molar-refractivity contribution >= 4 is 17.9 Å². The van der Waals surface area contributed by atoms with Crippen LogP contribution in [0, 0.1) is 0 Å². The molecule has 0 aliphatic heterocycles. The molecule has 0 N–H and O–H groups in total. The molecule has 0 amide bonds. The van der Waals surface area contributed by atoms with Gasteiger partial charge in [-0.25, -0.2) is 0 Å². The van der Waals surface area contributed by atoms with Crippen molar-refractivity contribution < 1.29 is 38.2 Å². The van der Waals surface area contributed by atoms with Crippen LogP contribution in [0.15, 0.2) is 85.1 Å². The summed E-state index contributed by atoms with van der Waals surface area (Å²) >= 11 is 0. The molecule has 0 spiro atoms. The summed E-state index contributed by atoms with van der Waals surface area (Å²) in [5, 5.41) is 11.6. The number of carbonyl (C=O) groups is 3. The van der Waals surface area contributed by atoms with E-state index in [4.69, 9.17) is 14.2 Å². The number of nitrogens with zero attached hydrogens (tertiary/aromatic N) is 1. The summed E-state index contributed by atoms with van der Waals surface area (Å²) in [4.78, 5) is 36.8. The van der Waals surface area contributed by atoms with Gasteiger partial charge >= 0.3 is 11.9 Å². The van der Waals surface area contributed by atoms with Crippen LogP contribution in [0.2, 0.25) is 0 Å². The van der Waals surface area contributed by atoms with E-state index in [0.29, 0.717) is 12.8 Å². The Balaban J connectivity index is 4.51. The highest BCUT2D eigenvalue weighted by Crippen LogP contribution is 2.11. The van der Waals surface area contributed by atoms with E-state index in [-0.39, 0.29) is 49.1 Å². The molecule has 0 aromatic heterocycles. The highest BCUT2D eigenvalue weighted by Gasteiger charge is 2.25. The van der Waals surface area contributed by atoms with Crippen molar-refractivity contribution in [1.82, 2.24) is 0 Å². The first-order valence-corrected chi connectivity index (χ1v) is 22.1. The number of rotatable bonds is 38. The fraction of sp³-hybridized carbons (Fsp3) is 0.653. The van der Waals surface area contributed by atoms with Crippen molar-refractivity contribution in [3.05, 3.63) is 85.1 Å². The zero-order valence-corrected chi connectivity index (χ0v) is 36.7. The minimum Gasteiger partial charge on any atom is -0.544 e. The van der Waals surface area contributed by atoms with Crippen molar-refractivity contribution in [2.45, 2.75) is 167 Å². The lowest BCUT2D eigenvalue weighted by atomic mass is 10.1. The van der Waals surface area contributed by atoms with Crippen LogP contribution in [-0.2, 0) is 28.6 Å². The van der Waals surface area contributed by atoms with Crippen molar-refractivity contribution in [1.29, 1.82) is 0 Å². The molecular weight excluding hydrogens is 715 g/mol. The van der Waals surface area contributed by atoms with Gasteiger partial charge in [-0.3, -0.25) is 9.59 Å².